The summed E-state index contributed by atoms with van der Waals surface area (Å²) >= 11 is 0. The monoisotopic (exact) mass is 361 g/mol. The fourth-order valence-electron chi connectivity index (χ4n) is 3.57. The van der Waals surface area contributed by atoms with Crippen LogP contribution in [0.25, 0.3) is 11.4 Å². The minimum Gasteiger partial charge on any atom is -0.349 e. The number of hydrogen-bond acceptors (Lipinski definition) is 5. The first-order valence-corrected chi connectivity index (χ1v) is 9.56. The van der Waals surface area contributed by atoms with E-state index in [1.807, 2.05) is 24.3 Å². The first kappa shape index (κ1) is 17.6. The van der Waals surface area contributed by atoms with E-state index in [-0.39, 0.29) is 11.9 Å². The van der Waals surface area contributed by atoms with Gasteiger partial charge in [-0.25, -0.2) is 9.97 Å². The minimum atomic E-state index is -0.101. The number of nitriles is 1. The molecule has 1 amide bonds. The summed E-state index contributed by atoms with van der Waals surface area (Å²) in [6.07, 6.45) is 8.25. The molecule has 1 aliphatic carbocycles. The Hall–Kier alpha value is -2.78. The summed E-state index contributed by atoms with van der Waals surface area (Å²) in [5, 5.41) is 11.9. The zero-order valence-electron chi connectivity index (χ0n) is 15.3. The molecular weight excluding hydrogens is 338 g/mol. The van der Waals surface area contributed by atoms with Crippen molar-refractivity contribution in [2.45, 2.75) is 44.2 Å². The Morgan fingerprint density at radius 2 is 1.78 bits per heavy atom. The molecule has 6 nitrogen and oxygen atoms in total. The van der Waals surface area contributed by atoms with Gasteiger partial charge in [0.25, 0.3) is 5.91 Å². The van der Waals surface area contributed by atoms with E-state index in [0.717, 1.165) is 43.1 Å². The summed E-state index contributed by atoms with van der Waals surface area (Å²) in [6.45, 7) is 2.15. The molecule has 2 aromatic rings. The van der Waals surface area contributed by atoms with Crippen molar-refractivity contribution in [1.82, 2.24) is 20.2 Å². The molecule has 0 atom stereocenters. The quantitative estimate of drug-likeness (QED) is 0.885. The summed E-state index contributed by atoms with van der Waals surface area (Å²) in [5.74, 6) is 0.476. The lowest BCUT2D eigenvalue weighted by Gasteiger charge is -2.32. The van der Waals surface area contributed by atoms with Crippen molar-refractivity contribution in [2.24, 2.45) is 0 Å². The first-order valence-electron chi connectivity index (χ1n) is 9.56. The average Bonchev–Trinajstić information content (AvgIpc) is 3.55. The maximum Gasteiger partial charge on any atom is 0.254 e. The summed E-state index contributed by atoms with van der Waals surface area (Å²) in [4.78, 5) is 23.7. The van der Waals surface area contributed by atoms with Gasteiger partial charge in [-0.2, -0.15) is 5.26 Å². The highest BCUT2D eigenvalue weighted by molar-refractivity contribution is 5.93. The van der Waals surface area contributed by atoms with Gasteiger partial charge < -0.3 is 10.2 Å². The molecule has 2 fully saturated rings. The fourth-order valence-corrected chi connectivity index (χ4v) is 3.57. The molecule has 1 aromatic heterocycles. The van der Waals surface area contributed by atoms with Crippen LogP contribution in [0.5, 0.6) is 0 Å². The molecule has 2 heterocycles. The lowest BCUT2D eigenvalue weighted by atomic mass is 10.0. The van der Waals surface area contributed by atoms with E-state index in [2.05, 4.69) is 26.3 Å². The summed E-state index contributed by atoms with van der Waals surface area (Å²) in [5.41, 5.74) is 2.32. The second kappa shape index (κ2) is 7.85. The van der Waals surface area contributed by atoms with E-state index in [4.69, 9.17) is 5.26 Å². The van der Waals surface area contributed by atoms with Crippen LogP contribution in [0.15, 0.2) is 36.7 Å². The molecule has 27 heavy (non-hydrogen) atoms. The lowest BCUT2D eigenvalue weighted by Crippen LogP contribution is -2.45. The molecule has 138 valence electrons. The van der Waals surface area contributed by atoms with Crippen LogP contribution >= 0.6 is 0 Å². The van der Waals surface area contributed by atoms with Crippen LogP contribution in [0.2, 0.25) is 0 Å². The molecule has 2 aliphatic rings. The second-order valence-corrected chi connectivity index (χ2v) is 7.34. The van der Waals surface area contributed by atoms with Crippen LogP contribution < -0.4 is 5.32 Å². The van der Waals surface area contributed by atoms with Crippen LogP contribution in [-0.2, 0) is 6.42 Å². The Bertz CT molecular complexity index is 828. The Morgan fingerprint density at radius 3 is 2.37 bits per heavy atom. The van der Waals surface area contributed by atoms with Crippen LogP contribution in [0, 0.1) is 11.3 Å². The number of carbonyl (C=O) groups excluding carboxylic acids is 1. The zero-order chi connectivity index (χ0) is 18.6. The predicted octanol–water partition coefficient (Wildman–Crippen LogP) is 2.57. The largest absolute Gasteiger partial charge is 0.349 e. The zero-order valence-corrected chi connectivity index (χ0v) is 15.3. The number of likely N-dealkylation sites (tertiary alicyclic amines) is 1. The maximum absolute atomic E-state index is 12.5. The number of carbonyl (C=O) groups is 1. The average molecular weight is 361 g/mol. The molecule has 1 aliphatic heterocycles. The van der Waals surface area contributed by atoms with Crippen molar-refractivity contribution in [3.8, 4) is 17.5 Å². The smallest absolute Gasteiger partial charge is 0.254 e. The Balaban J connectivity index is 1.34. The van der Waals surface area contributed by atoms with E-state index >= 15 is 0 Å². The van der Waals surface area contributed by atoms with Crippen molar-refractivity contribution < 1.29 is 4.79 Å². The van der Waals surface area contributed by atoms with Gasteiger partial charge >= 0.3 is 0 Å². The Kier molecular flexibility index (Phi) is 5.12. The number of amides is 1. The van der Waals surface area contributed by atoms with Gasteiger partial charge in [0.1, 0.15) is 0 Å². The molecule has 0 bridgehead atoms. The molecule has 0 unspecified atom stereocenters. The van der Waals surface area contributed by atoms with E-state index in [0.29, 0.717) is 17.8 Å². The first-order chi connectivity index (χ1) is 13.2. The van der Waals surface area contributed by atoms with Gasteiger partial charge in [-0.05, 0) is 31.2 Å². The minimum absolute atomic E-state index is 0.101. The molecule has 4 rings (SSSR count). The third kappa shape index (κ3) is 4.32. The number of aromatic nitrogens is 2. The topological polar surface area (TPSA) is 81.9 Å². The molecule has 0 radical (unpaired) electrons. The van der Waals surface area contributed by atoms with E-state index in [1.54, 1.807) is 12.4 Å². The third-order valence-electron chi connectivity index (χ3n) is 5.34. The highest BCUT2D eigenvalue weighted by atomic mass is 16.1. The molecule has 1 N–H and O–H groups in total. The highest BCUT2D eigenvalue weighted by Crippen LogP contribution is 2.29. The molecule has 1 saturated heterocycles. The summed E-state index contributed by atoms with van der Waals surface area (Å²) in [6, 6.07) is 10.8. The summed E-state index contributed by atoms with van der Waals surface area (Å²) in [7, 11) is 0. The van der Waals surface area contributed by atoms with E-state index in [1.165, 1.54) is 12.8 Å². The van der Waals surface area contributed by atoms with Crippen molar-refractivity contribution in [3.05, 3.63) is 47.8 Å². The number of nitrogens with one attached hydrogen (secondary N) is 1. The van der Waals surface area contributed by atoms with Crippen LogP contribution in [0.1, 0.15) is 41.6 Å². The number of benzene rings is 1. The number of hydrogen-bond donors (Lipinski definition) is 1. The van der Waals surface area contributed by atoms with Crippen LogP contribution in [-0.4, -0.2) is 45.9 Å². The van der Waals surface area contributed by atoms with Gasteiger partial charge in [0.2, 0.25) is 0 Å². The normalized spacial score (nSPS) is 18.0. The second-order valence-electron chi connectivity index (χ2n) is 7.34. The van der Waals surface area contributed by atoms with E-state index < -0.39 is 0 Å². The highest BCUT2D eigenvalue weighted by Gasteiger charge is 2.32. The van der Waals surface area contributed by atoms with Crippen molar-refractivity contribution in [1.29, 1.82) is 5.26 Å². The van der Waals surface area contributed by atoms with Gasteiger partial charge in [-0.3, -0.25) is 4.79 Å². The van der Waals surface area contributed by atoms with Crippen molar-refractivity contribution in [2.75, 3.05) is 13.1 Å². The molecule has 1 saturated carbocycles. The molecular formula is C21H23N5O. The third-order valence-corrected chi connectivity index (χ3v) is 5.34. The maximum atomic E-state index is 12.5. The Morgan fingerprint density at radius 1 is 1.11 bits per heavy atom. The molecule has 6 heteroatoms. The van der Waals surface area contributed by atoms with Gasteiger partial charge in [-0.1, -0.05) is 24.3 Å². The molecule has 0 spiro atoms. The van der Waals surface area contributed by atoms with Gasteiger partial charge in [-0.15, -0.1) is 0 Å². The van der Waals surface area contributed by atoms with Crippen LogP contribution in [0.4, 0.5) is 0 Å². The fraction of sp³-hybridized carbons (Fsp3) is 0.429. The van der Waals surface area contributed by atoms with Crippen molar-refractivity contribution >= 4 is 5.91 Å². The van der Waals surface area contributed by atoms with Gasteiger partial charge in [0.05, 0.1) is 18.1 Å². The van der Waals surface area contributed by atoms with Gasteiger partial charge in [0.15, 0.2) is 5.82 Å². The number of piperidine rings is 1. The van der Waals surface area contributed by atoms with E-state index in [9.17, 15) is 4.79 Å². The van der Waals surface area contributed by atoms with Crippen molar-refractivity contribution in [3.63, 3.8) is 0 Å². The summed E-state index contributed by atoms with van der Waals surface area (Å²) < 4.78 is 0. The number of nitrogens with zero attached hydrogens (tertiary/aromatic N) is 4. The standard InChI is InChI=1S/C21H23N5O/c22-10-7-15-1-3-16(4-2-15)20-23-13-17(14-24-20)21(27)25-18-8-11-26(12-9-18)19-5-6-19/h1-4,13-14,18-19H,5-9,11-12H2,(H,25,27). The SMILES string of the molecule is N#CCc1ccc(-c2ncc(C(=O)NC3CCN(C4CC4)CC3)cn2)cc1. The van der Waals surface area contributed by atoms with Crippen LogP contribution in [0.3, 0.4) is 0 Å². The predicted molar refractivity (Wildman–Crippen MR) is 102 cm³/mol. The Labute approximate surface area is 159 Å². The molecule has 1 aromatic carbocycles. The number of rotatable bonds is 5. The van der Waals surface area contributed by atoms with Gasteiger partial charge in [0, 0.05) is 43.1 Å². The lowest BCUT2D eigenvalue weighted by molar-refractivity contribution is 0.0908.